The topological polar surface area (TPSA) is 46.0 Å². The van der Waals surface area contributed by atoms with Crippen LogP contribution in [-0.2, 0) is 0 Å². The average Bonchev–Trinajstić information content (AvgIpc) is 1.98. The number of hydrogen-bond acceptors (Lipinski definition) is 2. The molecule has 0 atom stereocenters. The van der Waals surface area contributed by atoms with Crippen molar-refractivity contribution in [1.82, 2.24) is 5.16 Å². The maximum absolute atomic E-state index is 10.3. The highest BCUT2D eigenvalue weighted by atomic mass is 35.5. The van der Waals surface area contributed by atoms with Gasteiger partial charge >= 0.3 is 0 Å². The summed E-state index contributed by atoms with van der Waals surface area (Å²) in [7, 11) is 0. The smallest absolute Gasteiger partial charge is 0.300 e. The molecule has 0 saturated heterocycles. The van der Waals surface area contributed by atoms with Gasteiger partial charge in [0.1, 0.15) is 0 Å². The van der Waals surface area contributed by atoms with Crippen molar-refractivity contribution < 1.29 is 4.52 Å². The minimum absolute atomic E-state index is 0.100. The Morgan fingerprint density at radius 2 is 2.12 bits per heavy atom. The van der Waals surface area contributed by atoms with Crippen molar-refractivity contribution in [3.05, 3.63) is 20.6 Å². The molecule has 1 aromatic heterocycles. The maximum Gasteiger partial charge on any atom is 0.300 e. The number of aromatic amines is 1. The lowest BCUT2D eigenvalue weighted by molar-refractivity contribution is 0.415. The minimum atomic E-state index is -0.503. The van der Waals surface area contributed by atoms with Crippen molar-refractivity contribution in [3.63, 3.8) is 0 Å². The Morgan fingerprint density at radius 1 is 1.50 bits per heavy atom. The summed E-state index contributed by atoms with van der Waals surface area (Å²) in [5.41, 5.74) is -0.503. The Hall–Kier alpha value is -0.410. The quantitative estimate of drug-likeness (QED) is 0.611. The van der Waals surface area contributed by atoms with Crippen molar-refractivity contribution in [1.29, 1.82) is 0 Å². The predicted molar refractivity (Wildman–Crippen MR) is 29.3 cm³/mol. The van der Waals surface area contributed by atoms with Gasteiger partial charge in [0.05, 0.1) is 0 Å². The Morgan fingerprint density at radius 3 is 2.25 bits per heavy atom. The molecule has 1 aromatic rings. The van der Waals surface area contributed by atoms with E-state index in [0.717, 1.165) is 0 Å². The molecule has 1 N–H and O–H groups in total. The summed E-state index contributed by atoms with van der Waals surface area (Å²) in [6, 6.07) is 0. The molecule has 1 rings (SSSR count). The zero-order chi connectivity index (χ0) is 6.15. The molecule has 1 heterocycles. The first-order valence-electron chi connectivity index (χ1n) is 1.74. The first-order valence-corrected chi connectivity index (χ1v) is 2.50. The zero-order valence-corrected chi connectivity index (χ0v) is 5.08. The van der Waals surface area contributed by atoms with Gasteiger partial charge in [0.2, 0.25) is 5.22 Å². The first-order chi connectivity index (χ1) is 3.72. The van der Waals surface area contributed by atoms with Gasteiger partial charge in [-0.05, 0) is 11.6 Å². The standard InChI is InChI=1S/C3HCl2NO2/c4-1-2(5)8-6-3(1)7/h(H,6,7). The molecule has 0 aliphatic rings. The van der Waals surface area contributed by atoms with Crippen LogP contribution in [0.5, 0.6) is 0 Å². The molecule has 0 aromatic carbocycles. The van der Waals surface area contributed by atoms with Crippen LogP contribution in [0.25, 0.3) is 0 Å². The summed E-state index contributed by atoms with van der Waals surface area (Å²) in [6.45, 7) is 0. The van der Waals surface area contributed by atoms with E-state index < -0.39 is 5.56 Å². The molecule has 0 bridgehead atoms. The monoisotopic (exact) mass is 153 g/mol. The van der Waals surface area contributed by atoms with Gasteiger partial charge in [-0.3, -0.25) is 4.79 Å². The Bertz CT molecular complexity index is 238. The van der Waals surface area contributed by atoms with Crippen molar-refractivity contribution in [2.45, 2.75) is 0 Å². The van der Waals surface area contributed by atoms with Crippen LogP contribution < -0.4 is 5.56 Å². The van der Waals surface area contributed by atoms with Gasteiger partial charge < -0.3 is 4.52 Å². The minimum Gasteiger partial charge on any atom is -0.365 e. The fourth-order valence-corrected chi connectivity index (χ4v) is 0.472. The van der Waals surface area contributed by atoms with Gasteiger partial charge in [-0.1, -0.05) is 11.6 Å². The van der Waals surface area contributed by atoms with Crippen molar-refractivity contribution in [2.24, 2.45) is 0 Å². The van der Waals surface area contributed by atoms with E-state index in [9.17, 15) is 4.79 Å². The van der Waals surface area contributed by atoms with E-state index in [4.69, 9.17) is 23.2 Å². The Kier molecular flexibility index (Phi) is 1.31. The maximum atomic E-state index is 10.3. The third-order valence-electron chi connectivity index (χ3n) is 0.605. The first kappa shape index (κ1) is 5.72. The van der Waals surface area contributed by atoms with Gasteiger partial charge in [0, 0.05) is 0 Å². The number of aromatic nitrogens is 1. The molecule has 3 nitrogen and oxygen atoms in total. The lowest BCUT2D eigenvalue weighted by Gasteiger charge is -1.69. The molecule has 0 spiro atoms. The van der Waals surface area contributed by atoms with Gasteiger partial charge in [0.25, 0.3) is 5.56 Å². The molecule has 0 saturated carbocycles. The summed E-state index contributed by atoms with van der Waals surface area (Å²) in [6.07, 6.45) is 0. The molecule has 0 radical (unpaired) electrons. The van der Waals surface area contributed by atoms with Gasteiger partial charge in [-0.2, -0.15) is 5.16 Å². The zero-order valence-electron chi connectivity index (χ0n) is 3.57. The number of H-pyrrole nitrogens is 1. The van der Waals surface area contributed by atoms with Crippen LogP contribution in [0.4, 0.5) is 0 Å². The fraction of sp³-hybridized carbons (Fsp3) is 0. The molecule has 0 unspecified atom stereocenters. The lowest BCUT2D eigenvalue weighted by Crippen LogP contribution is -1.95. The van der Waals surface area contributed by atoms with Gasteiger partial charge in [0.15, 0.2) is 5.02 Å². The predicted octanol–water partition coefficient (Wildman–Crippen LogP) is 1.27. The highest BCUT2D eigenvalue weighted by Crippen LogP contribution is 2.14. The third-order valence-corrected chi connectivity index (χ3v) is 1.31. The van der Waals surface area contributed by atoms with Crippen LogP contribution in [0.2, 0.25) is 10.2 Å². The number of nitrogens with one attached hydrogen (secondary N) is 1. The second kappa shape index (κ2) is 1.84. The number of hydrogen-bond donors (Lipinski definition) is 1. The number of halogens is 2. The lowest BCUT2D eigenvalue weighted by atomic mass is 10.7. The van der Waals surface area contributed by atoms with Crippen LogP contribution in [0.1, 0.15) is 0 Å². The fourth-order valence-electron chi connectivity index (χ4n) is 0.270. The van der Waals surface area contributed by atoms with Crippen LogP contribution in [-0.4, -0.2) is 5.16 Å². The molecule has 0 aliphatic carbocycles. The Balaban J connectivity index is 3.41. The summed E-state index contributed by atoms with van der Waals surface area (Å²) in [4.78, 5) is 10.3. The van der Waals surface area contributed by atoms with Crippen LogP contribution in [0.15, 0.2) is 9.32 Å². The van der Waals surface area contributed by atoms with Crippen molar-refractivity contribution in [3.8, 4) is 0 Å². The second-order valence-electron chi connectivity index (χ2n) is 1.12. The average molecular weight is 154 g/mol. The summed E-state index contributed by atoms with van der Waals surface area (Å²) < 4.78 is 4.29. The molecule has 0 amide bonds. The van der Waals surface area contributed by atoms with E-state index in [1.807, 2.05) is 5.16 Å². The molecule has 44 valence electrons. The molecule has 8 heavy (non-hydrogen) atoms. The van der Waals surface area contributed by atoms with Crippen LogP contribution >= 0.6 is 23.2 Å². The van der Waals surface area contributed by atoms with E-state index in [-0.39, 0.29) is 10.2 Å². The van der Waals surface area contributed by atoms with E-state index >= 15 is 0 Å². The number of rotatable bonds is 0. The summed E-state index contributed by atoms with van der Waals surface area (Å²) in [5.74, 6) is 0. The van der Waals surface area contributed by atoms with E-state index in [0.29, 0.717) is 0 Å². The highest BCUT2D eigenvalue weighted by molar-refractivity contribution is 6.40. The normalized spacial score (nSPS) is 9.75. The molecule has 0 fully saturated rings. The summed E-state index contributed by atoms with van der Waals surface area (Å²) in [5, 5.41) is 1.74. The molecule has 5 heteroatoms. The van der Waals surface area contributed by atoms with Gasteiger partial charge in [-0.15, -0.1) is 0 Å². The Labute approximate surface area is 54.2 Å². The van der Waals surface area contributed by atoms with E-state index in [1.54, 1.807) is 0 Å². The highest BCUT2D eigenvalue weighted by Gasteiger charge is 2.04. The van der Waals surface area contributed by atoms with Crippen molar-refractivity contribution in [2.75, 3.05) is 0 Å². The molecule has 0 aliphatic heterocycles. The summed E-state index contributed by atoms with van der Waals surface area (Å²) >= 11 is 10.4. The second-order valence-corrected chi connectivity index (χ2v) is 1.84. The largest absolute Gasteiger partial charge is 0.365 e. The van der Waals surface area contributed by atoms with Crippen LogP contribution in [0, 0.1) is 0 Å². The van der Waals surface area contributed by atoms with Crippen LogP contribution in [0.3, 0.4) is 0 Å². The SMILES string of the molecule is O=c1[nH]oc(Cl)c1Cl. The molecular formula is C3HCl2NO2. The van der Waals surface area contributed by atoms with E-state index in [2.05, 4.69) is 4.52 Å². The molecular weight excluding hydrogens is 153 g/mol. The third kappa shape index (κ3) is 0.743. The van der Waals surface area contributed by atoms with Crippen molar-refractivity contribution >= 4 is 23.2 Å². The van der Waals surface area contributed by atoms with Gasteiger partial charge in [-0.25, -0.2) is 0 Å². The van der Waals surface area contributed by atoms with E-state index in [1.165, 1.54) is 0 Å².